The van der Waals surface area contributed by atoms with Crippen LogP contribution < -0.4 is 0 Å². The molecule has 134 valence electrons. The molecule has 0 radical (unpaired) electrons. The van der Waals surface area contributed by atoms with Gasteiger partial charge in [-0.3, -0.25) is 0 Å². The van der Waals surface area contributed by atoms with E-state index in [1.54, 1.807) is 0 Å². The zero-order valence-corrected chi connectivity index (χ0v) is 16.5. The van der Waals surface area contributed by atoms with E-state index < -0.39 is 0 Å². The molecule has 0 saturated heterocycles. The quantitative estimate of drug-likeness (QED) is 0.275. The molecule has 0 nitrogen and oxygen atoms in total. The summed E-state index contributed by atoms with van der Waals surface area (Å²) in [5.41, 5.74) is 15.1. The summed E-state index contributed by atoms with van der Waals surface area (Å²) in [7, 11) is 0. The predicted octanol–water partition coefficient (Wildman–Crippen LogP) is 6.96. The van der Waals surface area contributed by atoms with E-state index in [0.717, 1.165) is 0 Å². The van der Waals surface area contributed by atoms with Crippen molar-refractivity contribution >= 4 is 0 Å². The average Bonchev–Trinajstić information content (AvgIpc) is 3.15. The van der Waals surface area contributed by atoms with Gasteiger partial charge in [0.2, 0.25) is 0 Å². The smallest absolute Gasteiger partial charge is 0.0619 e. The van der Waals surface area contributed by atoms with E-state index >= 15 is 0 Å². The minimum Gasteiger partial charge on any atom is -0.0619 e. The Hall–Kier alpha value is -3.12. The Labute approximate surface area is 166 Å². The molecule has 0 aliphatic heterocycles. The summed E-state index contributed by atoms with van der Waals surface area (Å²) in [5.74, 6) is 0. The summed E-state index contributed by atoms with van der Waals surface area (Å²) in [6.45, 7) is 6.68. The Morgan fingerprint density at radius 3 is 1.68 bits per heavy atom. The monoisotopic (exact) mass is 358 g/mol. The van der Waals surface area contributed by atoms with Gasteiger partial charge in [-0.15, -0.1) is 0 Å². The van der Waals surface area contributed by atoms with E-state index in [4.69, 9.17) is 0 Å². The van der Waals surface area contributed by atoms with Gasteiger partial charge in [-0.05, 0) is 76.4 Å². The first-order valence-electron chi connectivity index (χ1n) is 10.0. The number of hydrogen-bond donors (Lipinski definition) is 0. The highest BCUT2D eigenvalue weighted by Crippen LogP contribution is 2.62. The lowest BCUT2D eigenvalue weighted by Gasteiger charge is -2.31. The molecule has 6 rings (SSSR count). The predicted molar refractivity (Wildman–Crippen MR) is 117 cm³/mol. The lowest BCUT2D eigenvalue weighted by atomic mass is 9.70. The van der Waals surface area contributed by atoms with Gasteiger partial charge in [0.15, 0.2) is 0 Å². The molecule has 0 bridgehead atoms. The fraction of sp³-hybridized carbons (Fsp3) is 0.143. The SMILES string of the molecule is Cc1ccc2c(c1)C1(c3ccccc3-c3ccccc31)c1cc(C)c(C)cc1-2. The van der Waals surface area contributed by atoms with Crippen molar-refractivity contribution in [1.29, 1.82) is 0 Å². The van der Waals surface area contributed by atoms with Crippen molar-refractivity contribution in [3.63, 3.8) is 0 Å². The van der Waals surface area contributed by atoms with E-state index in [2.05, 4.69) is 99.6 Å². The van der Waals surface area contributed by atoms with Crippen molar-refractivity contribution in [3.05, 3.63) is 118 Å². The number of rotatable bonds is 0. The topological polar surface area (TPSA) is 0 Å². The van der Waals surface area contributed by atoms with Crippen LogP contribution in [-0.4, -0.2) is 0 Å². The third-order valence-electron chi connectivity index (χ3n) is 6.86. The summed E-state index contributed by atoms with van der Waals surface area (Å²) < 4.78 is 0. The maximum atomic E-state index is 2.44. The first kappa shape index (κ1) is 15.9. The van der Waals surface area contributed by atoms with Gasteiger partial charge in [-0.25, -0.2) is 0 Å². The molecular weight excluding hydrogens is 336 g/mol. The normalized spacial score (nSPS) is 14.5. The molecule has 28 heavy (non-hydrogen) atoms. The molecule has 0 atom stereocenters. The van der Waals surface area contributed by atoms with Gasteiger partial charge in [0, 0.05) is 0 Å². The van der Waals surface area contributed by atoms with Gasteiger partial charge in [-0.2, -0.15) is 0 Å². The van der Waals surface area contributed by atoms with E-state index in [1.165, 1.54) is 61.2 Å². The lowest BCUT2D eigenvalue weighted by molar-refractivity contribution is 0.791. The van der Waals surface area contributed by atoms with Gasteiger partial charge >= 0.3 is 0 Å². The van der Waals surface area contributed by atoms with Gasteiger partial charge in [0.1, 0.15) is 0 Å². The van der Waals surface area contributed by atoms with Gasteiger partial charge < -0.3 is 0 Å². The van der Waals surface area contributed by atoms with Crippen LogP contribution in [0.25, 0.3) is 22.3 Å². The molecule has 0 aromatic heterocycles. The van der Waals surface area contributed by atoms with Crippen LogP contribution in [-0.2, 0) is 5.41 Å². The maximum Gasteiger partial charge on any atom is 0.0725 e. The molecule has 0 heterocycles. The van der Waals surface area contributed by atoms with Crippen molar-refractivity contribution < 1.29 is 0 Å². The zero-order chi connectivity index (χ0) is 19.0. The van der Waals surface area contributed by atoms with Gasteiger partial charge in [0.05, 0.1) is 5.41 Å². The first-order valence-corrected chi connectivity index (χ1v) is 10.0. The largest absolute Gasteiger partial charge is 0.0725 e. The van der Waals surface area contributed by atoms with Crippen molar-refractivity contribution in [3.8, 4) is 22.3 Å². The number of aryl methyl sites for hydroxylation is 3. The van der Waals surface area contributed by atoms with Crippen molar-refractivity contribution in [2.45, 2.75) is 26.2 Å². The molecule has 4 aromatic carbocycles. The molecule has 0 unspecified atom stereocenters. The third kappa shape index (κ3) is 1.72. The average molecular weight is 358 g/mol. The Morgan fingerprint density at radius 1 is 0.464 bits per heavy atom. The van der Waals surface area contributed by atoms with Crippen LogP contribution in [0.15, 0.2) is 78.9 Å². The summed E-state index contributed by atoms with van der Waals surface area (Å²) in [6.07, 6.45) is 0. The van der Waals surface area contributed by atoms with Crippen LogP contribution >= 0.6 is 0 Å². The highest BCUT2D eigenvalue weighted by Gasteiger charge is 2.51. The molecule has 4 aromatic rings. The van der Waals surface area contributed by atoms with Crippen LogP contribution in [0, 0.1) is 20.8 Å². The second-order valence-electron chi connectivity index (χ2n) is 8.37. The molecule has 0 saturated carbocycles. The second kappa shape index (κ2) is 5.23. The lowest BCUT2D eigenvalue weighted by Crippen LogP contribution is -2.26. The summed E-state index contributed by atoms with van der Waals surface area (Å²) in [6, 6.07) is 29.8. The number of hydrogen-bond acceptors (Lipinski definition) is 0. The van der Waals surface area contributed by atoms with E-state index in [0.29, 0.717) is 0 Å². The van der Waals surface area contributed by atoms with Gasteiger partial charge in [-0.1, -0.05) is 84.4 Å². The Bertz CT molecular complexity index is 1240. The summed E-state index contributed by atoms with van der Waals surface area (Å²) in [5, 5.41) is 0. The molecule has 0 fully saturated rings. The van der Waals surface area contributed by atoms with Crippen LogP contribution in [0.4, 0.5) is 0 Å². The third-order valence-corrected chi connectivity index (χ3v) is 6.86. The molecule has 0 amide bonds. The van der Waals surface area contributed by atoms with Crippen molar-refractivity contribution in [1.82, 2.24) is 0 Å². The maximum absolute atomic E-state index is 2.44. The molecular formula is C28H22. The summed E-state index contributed by atoms with van der Waals surface area (Å²) >= 11 is 0. The minimum atomic E-state index is -0.206. The fourth-order valence-corrected chi connectivity index (χ4v) is 5.51. The Morgan fingerprint density at radius 2 is 1.00 bits per heavy atom. The van der Waals surface area contributed by atoms with Gasteiger partial charge in [0.25, 0.3) is 0 Å². The fourth-order valence-electron chi connectivity index (χ4n) is 5.51. The standard InChI is InChI=1S/C28H22/c1-17-12-13-22-23-15-18(2)19(3)16-27(23)28(26(22)14-17)24-10-6-4-8-20(24)21-9-5-7-11-25(21)28/h4-16H,1-3H3. The Kier molecular flexibility index (Phi) is 2.97. The van der Waals surface area contributed by atoms with E-state index in [-0.39, 0.29) is 5.41 Å². The summed E-state index contributed by atoms with van der Waals surface area (Å²) in [4.78, 5) is 0. The van der Waals surface area contributed by atoms with E-state index in [1.807, 2.05) is 0 Å². The highest BCUT2D eigenvalue weighted by molar-refractivity contribution is 5.95. The van der Waals surface area contributed by atoms with Crippen LogP contribution in [0.5, 0.6) is 0 Å². The Balaban J connectivity index is 1.88. The van der Waals surface area contributed by atoms with E-state index in [9.17, 15) is 0 Å². The molecule has 0 heteroatoms. The molecule has 2 aliphatic rings. The zero-order valence-electron chi connectivity index (χ0n) is 16.5. The van der Waals surface area contributed by atoms with Crippen molar-refractivity contribution in [2.75, 3.05) is 0 Å². The molecule has 0 N–H and O–H groups in total. The minimum absolute atomic E-state index is 0.206. The molecule has 2 aliphatic carbocycles. The van der Waals surface area contributed by atoms with Crippen molar-refractivity contribution in [2.24, 2.45) is 0 Å². The van der Waals surface area contributed by atoms with Crippen LogP contribution in [0.2, 0.25) is 0 Å². The highest BCUT2D eigenvalue weighted by atomic mass is 14.5. The number of benzene rings is 4. The number of fused-ring (bicyclic) bond motifs is 10. The molecule has 1 spiro atoms. The van der Waals surface area contributed by atoms with Crippen LogP contribution in [0.1, 0.15) is 38.9 Å². The second-order valence-corrected chi connectivity index (χ2v) is 8.37. The van der Waals surface area contributed by atoms with Crippen LogP contribution in [0.3, 0.4) is 0 Å². The first-order chi connectivity index (χ1) is 13.6.